The van der Waals surface area contributed by atoms with Crippen molar-refractivity contribution in [3.05, 3.63) is 30.1 Å². The van der Waals surface area contributed by atoms with Gasteiger partial charge in [-0.25, -0.2) is 4.98 Å². The van der Waals surface area contributed by atoms with E-state index in [2.05, 4.69) is 40.1 Å². The van der Waals surface area contributed by atoms with Crippen molar-refractivity contribution in [3.63, 3.8) is 0 Å². The van der Waals surface area contributed by atoms with Crippen molar-refractivity contribution < 1.29 is 9.53 Å². The Morgan fingerprint density at radius 3 is 3.04 bits per heavy atom. The highest BCUT2D eigenvalue weighted by Crippen LogP contribution is 2.20. The predicted molar refractivity (Wildman–Crippen MR) is 89.2 cm³/mol. The first-order valence-corrected chi connectivity index (χ1v) is 8.19. The number of amides is 1. The van der Waals surface area contributed by atoms with E-state index in [4.69, 9.17) is 4.74 Å². The molecule has 0 aliphatic carbocycles. The Hall–Kier alpha value is -1.92. The average Bonchev–Trinajstić information content (AvgIpc) is 2.92. The van der Waals surface area contributed by atoms with Crippen molar-refractivity contribution in [1.29, 1.82) is 0 Å². The lowest BCUT2D eigenvalue weighted by Gasteiger charge is -2.23. The molecule has 6 nitrogen and oxygen atoms in total. The Bertz CT molecular complexity index is 674. The third-order valence-corrected chi connectivity index (χ3v) is 4.06. The molecule has 1 atom stereocenters. The lowest BCUT2D eigenvalue weighted by Crippen LogP contribution is -2.44. The number of nitrogens with one attached hydrogen (secondary N) is 2. The fourth-order valence-electron chi connectivity index (χ4n) is 3.02. The van der Waals surface area contributed by atoms with Crippen molar-refractivity contribution >= 4 is 16.9 Å². The quantitative estimate of drug-likeness (QED) is 0.879. The van der Waals surface area contributed by atoms with E-state index in [0.717, 1.165) is 30.0 Å². The van der Waals surface area contributed by atoms with Crippen molar-refractivity contribution in [2.24, 2.45) is 0 Å². The normalized spacial score (nSPS) is 18.5. The van der Waals surface area contributed by atoms with Crippen LogP contribution in [0.25, 0.3) is 11.0 Å². The summed E-state index contributed by atoms with van der Waals surface area (Å²) >= 11 is 0. The number of nitrogens with zero attached hydrogens (tertiary/aromatic N) is 2. The summed E-state index contributed by atoms with van der Waals surface area (Å²) in [5.74, 6) is 0.915. The van der Waals surface area contributed by atoms with Crippen LogP contribution in [0.5, 0.6) is 0 Å². The van der Waals surface area contributed by atoms with Crippen LogP contribution in [0.15, 0.2) is 24.3 Å². The molecule has 1 saturated heterocycles. The number of aromatic nitrogens is 2. The number of ether oxygens (including phenoxy) is 1. The third-order valence-electron chi connectivity index (χ3n) is 4.06. The number of carbonyl (C=O) groups excluding carboxylic acids is 1. The zero-order valence-electron chi connectivity index (χ0n) is 13.7. The van der Waals surface area contributed by atoms with Crippen LogP contribution in [0.2, 0.25) is 0 Å². The SMILES string of the molecule is CC(C)n1c(CNC(=O)CC2COCCN2)nc2ccccc21. The maximum absolute atomic E-state index is 12.1. The standard InChI is InChI=1S/C17H24N4O2/c1-12(2)21-15-6-4-3-5-14(15)20-16(21)10-19-17(22)9-13-11-23-8-7-18-13/h3-6,12-13,18H,7-11H2,1-2H3,(H,19,22). The van der Waals surface area contributed by atoms with Crippen LogP contribution < -0.4 is 10.6 Å². The molecule has 2 heterocycles. The van der Waals surface area contributed by atoms with E-state index in [1.54, 1.807) is 0 Å². The minimum Gasteiger partial charge on any atom is -0.378 e. The molecule has 1 amide bonds. The molecule has 23 heavy (non-hydrogen) atoms. The molecule has 6 heteroatoms. The fourth-order valence-corrected chi connectivity index (χ4v) is 3.02. The van der Waals surface area contributed by atoms with E-state index >= 15 is 0 Å². The number of para-hydroxylation sites is 2. The topological polar surface area (TPSA) is 68.2 Å². The molecule has 3 rings (SSSR count). The average molecular weight is 316 g/mol. The molecule has 0 spiro atoms. The first-order valence-electron chi connectivity index (χ1n) is 8.19. The molecule has 2 aromatic rings. The van der Waals surface area contributed by atoms with E-state index in [0.29, 0.717) is 25.6 Å². The fraction of sp³-hybridized carbons (Fsp3) is 0.529. The van der Waals surface area contributed by atoms with Gasteiger partial charge in [0.05, 0.1) is 30.8 Å². The molecule has 2 N–H and O–H groups in total. The molecule has 1 aliphatic rings. The van der Waals surface area contributed by atoms with E-state index < -0.39 is 0 Å². The van der Waals surface area contributed by atoms with Crippen LogP contribution in [0.4, 0.5) is 0 Å². The minimum atomic E-state index is 0.0235. The van der Waals surface area contributed by atoms with E-state index in [1.807, 2.05) is 18.2 Å². The van der Waals surface area contributed by atoms with Crippen molar-refractivity contribution in [1.82, 2.24) is 20.2 Å². The van der Waals surface area contributed by atoms with Gasteiger partial charge in [-0.05, 0) is 26.0 Å². The first kappa shape index (κ1) is 16.0. The van der Waals surface area contributed by atoms with Gasteiger partial charge < -0.3 is 19.9 Å². The minimum absolute atomic E-state index is 0.0235. The van der Waals surface area contributed by atoms with Gasteiger partial charge in [-0.15, -0.1) is 0 Å². The molecular formula is C17H24N4O2. The Morgan fingerprint density at radius 1 is 1.48 bits per heavy atom. The summed E-state index contributed by atoms with van der Waals surface area (Å²) in [6, 6.07) is 8.46. The number of benzene rings is 1. The number of carbonyl (C=O) groups is 1. The summed E-state index contributed by atoms with van der Waals surface area (Å²) in [4.78, 5) is 16.8. The molecular weight excluding hydrogens is 292 g/mol. The summed E-state index contributed by atoms with van der Waals surface area (Å²) in [6.07, 6.45) is 0.432. The van der Waals surface area contributed by atoms with Gasteiger partial charge in [-0.3, -0.25) is 4.79 Å². The monoisotopic (exact) mass is 316 g/mol. The summed E-state index contributed by atoms with van der Waals surface area (Å²) in [6.45, 7) is 6.82. The van der Waals surface area contributed by atoms with Crippen LogP contribution in [0.3, 0.4) is 0 Å². The number of hydrogen-bond donors (Lipinski definition) is 2. The molecule has 1 aliphatic heterocycles. The maximum Gasteiger partial charge on any atom is 0.222 e. The number of hydrogen-bond acceptors (Lipinski definition) is 4. The Morgan fingerprint density at radius 2 is 2.30 bits per heavy atom. The Balaban J connectivity index is 1.66. The van der Waals surface area contributed by atoms with Crippen molar-refractivity contribution in [2.45, 2.75) is 38.9 Å². The largest absolute Gasteiger partial charge is 0.378 e. The predicted octanol–water partition coefficient (Wildman–Crippen LogP) is 1.61. The highest BCUT2D eigenvalue weighted by molar-refractivity contribution is 5.78. The van der Waals surface area contributed by atoms with E-state index in [9.17, 15) is 4.79 Å². The maximum atomic E-state index is 12.1. The van der Waals surface area contributed by atoms with Gasteiger partial charge in [0.25, 0.3) is 0 Å². The van der Waals surface area contributed by atoms with Gasteiger partial charge in [0.1, 0.15) is 5.82 Å². The Kier molecular flexibility index (Phi) is 4.93. The van der Waals surface area contributed by atoms with Crippen molar-refractivity contribution in [2.75, 3.05) is 19.8 Å². The van der Waals surface area contributed by atoms with Crippen LogP contribution in [-0.2, 0) is 16.1 Å². The lowest BCUT2D eigenvalue weighted by molar-refractivity contribution is -0.122. The van der Waals surface area contributed by atoms with Gasteiger partial charge in [0, 0.05) is 25.0 Å². The first-order chi connectivity index (χ1) is 11.1. The van der Waals surface area contributed by atoms with Crippen LogP contribution in [0, 0.1) is 0 Å². The van der Waals surface area contributed by atoms with Gasteiger partial charge in [0.15, 0.2) is 0 Å². The molecule has 1 fully saturated rings. The zero-order chi connectivity index (χ0) is 16.2. The van der Waals surface area contributed by atoms with Gasteiger partial charge >= 0.3 is 0 Å². The highest BCUT2D eigenvalue weighted by atomic mass is 16.5. The van der Waals surface area contributed by atoms with E-state index in [-0.39, 0.29) is 11.9 Å². The second-order valence-corrected chi connectivity index (χ2v) is 6.19. The van der Waals surface area contributed by atoms with Crippen LogP contribution in [0.1, 0.15) is 32.1 Å². The summed E-state index contributed by atoms with van der Waals surface area (Å²) in [5, 5.41) is 6.28. The molecule has 124 valence electrons. The molecule has 1 aromatic carbocycles. The van der Waals surface area contributed by atoms with Crippen LogP contribution >= 0.6 is 0 Å². The summed E-state index contributed by atoms with van der Waals surface area (Å²) in [7, 11) is 0. The number of rotatable bonds is 5. The highest BCUT2D eigenvalue weighted by Gasteiger charge is 2.18. The summed E-state index contributed by atoms with van der Waals surface area (Å²) < 4.78 is 7.56. The Labute approximate surface area is 136 Å². The molecule has 1 aromatic heterocycles. The zero-order valence-corrected chi connectivity index (χ0v) is 13.7. The van der Waals surface area contributed by atoms with Crippen LogP contribution in [-0.4, -0.2) is 41.3 Å². The second-order valence-electron chi connectivity index (χ2n) is 6.19. The smallest absolute Gasteiger partial charge is 0.222 e. The van der Waals surface area contributed by atoms with Gasteiger partial charge in [-0.2, -0.15) is 0 Å². The van der Waals surface area contributed by atoms with Gasteiger partial charge in [-0.1, -0.05) is 12.1 Å². The number of morpholine rings is 1. The molecule has 1 unspecified atom stereocenters. The molecule has 0 bridgehead atoms. The van der Waals surface area contributed by atoms with Crippen molar-refractivity contribution in [3.8, 4) is 0 Å². The second kappa shape index (κ2) is 7.10. The van der Waals surface area contributed by atoms with Gasteiger partial charge in [0.2, 0.25) is 5.91 Å². The van der Waals surface area contributed by atoms with E-state index in [1.165, 1.54) is 0 Å². The number of imidazole rings is 1. The number of fused-ring (bicyclic) bond motifs is 1. The lowest BCUT2D eigenvalue weighted by atomic mass is 10.2. The summed E-state index contributed by atoms with van der Waals surface area (Å²) in [5.41, 5.74) is 2.07. The molecule has 0 radical (unpaired) electrons. The third kappa shape index (κ3) is 3.71. The molecule has 0 saturated carbocycles.